The third-order valence-electron chi connectivity index (χ3n) is 4.27. The van der Waals surface area contributed by atoms with Crippen LogP contribution < -0.4 is 5.32 Å². The smallest absolute Gasteiger partial charge is 0.272 e. The van der Waals surface area contributed by atoms with Crippen molar-refractivity contribution in [3.63, 3.8) is 0 Å². The molecular weight excluding hydrogens is 316 g/mol. The van der Waals surface area contributed by atoms with E-state index in [9.17, 15) is 4.79 Å². The zero-order valence-electron chi connectivity index (χ0n) is 13.8. The number of carbonyl (C=O) groups excluding carboxylic acids is 1. The lowest BCUT2D eigenvalue weighted by molar-refractivity contribution is 0.0613. The molecule has 0 radical (unpaired) electrons. The Bertz CT molecular complexity index is 871. The lowest BCUT2D eigenvalue weighted by Crippen LogP contribution is -2.57. The highest BCUT2D eigenvalue weighted by molar-refractivity contribution is 5.94. The first-order valence-corrected chi connectivity index (χ1v) is 8.12. The molecule has 7 nitrogen and oxygen atoms in total. The third kappa shape index (κ3) is 3.08. The molecule has 1 fully saturated rings. The minimum absolute atomic E-state index is 0.00193. The summed E-state index contributed by atoms with van der Waals surface area (Å²) < 4.78 is 1.65. The van der Waals surface area contributed by atoms with Crippen LogP contribution in [0.4, 0.5) is 5.82 Å². The molecular formula is C18H18N6O. The Labute approximate surface area is 145 Å². The quantitative estimate of drug-likeness (QED) is 0.787. The number of hydrogen-bond donors (Lipinski definition) is 1. The fourth-order valence-electron chi connectivity index (χ4n) is 2.90. The normalized spacial score (nSPS) is 14.2. The van der Waals surface area contributed by atoms with Gasteiger partial charge in [-0.15, -0.1) is 0 Å². The van der Waals surface area contributed by atoms with E-state index in [2.05, 4.69) is 20.4 Å². The van der Waals surface area contributed by atoms with Crippen LogP contribution in [0.25, 0.3) is 11.3 Å². The van der Waals surface area contributed by atoms with Gasteiger partial charge in [0.05, 0.1) is 11.7 Å². The molecule has 1 N–H and O–H groups in total. The van der Waals surface area contributed by atoms with Crippen LogP contribution in [-0.4, -0.2) is 49.7 Å². The molecule has 3 aromatic rings. The van der Waals surface area contributed by atoms with Gasteiger partial charge in [0.2, 0.25) is 0 Å². The number of nitrogens with zero attached hydrogens (tertiary/aromatic N) is 5. The second kappa shape index (κ2) is 6.35. The number of aryl methyl sites for hydroxylation is 1. The summed E-state index contributed by atoms with van der Waals surface area (Å²) in [6, 6.07) is 13.7. The standard InChI is InChI=1S/C18H18N6O/c1-23-16(9-15(22-23)13-5-3-2-4-6-13)18(25)24-10-14(11-24)21-17-7-8-19-12-20-17/h2-9,12,14H,10-11H2,1H3,(H,19,20,21). The van der Waals surface area contributed by atoms with E-state index in [-0.39, 0.29) is 11.9 Å². The molecule has 3 heterocycles. The molecule has 2 aromatic heterocycles. The number of benzene rings is 1. The SMILES string of the molecule is Cn1nc(-c2ccccc2)cc1C(=O)N1CC(Nc2ccncn2)C1. The van der Waals surface area contributed by atoms with Crippen LogP contribution >= 0.6 is 0 Å². The maximum Gasteiger partial charge on any atom is 0.272 e. The van der Waals surface area contributed by atoms with E-state index in [4.69, 9.17) is 0 Å². The molecule has 1 aliphatic rings. The van der Waals surface area contributed by atoms with E-state index in [1.807, 2.05) is 47.4 Å². The lowest BCUT2D eigenvalue weighted by atomic mass is 10.1. The van der Waals surface area contributed by atoms with E-state index in [1.165, 1.54) is 6.33 Å². The van der Waals surface area contributed by atoms with Crippen molar-refractivity contribution in [3.8, 4) is 11.3 Å². The van der Waals surface area contributed by atoms with E-state index in [0.29, 0.717) is 18.8 Å². The number of aromatic nitrogens is 4. The molecule has 4 rings (SSSR count). The van der Waals surface area contributed by atoms with Gasteiger partial charge in [0.1, 0.15) is 17.8 Å². The maximum absolute atomic E-state index is 12.7. The molecule has 0 bridgehead atoms. The minimum atomic E-state index is -0.00193. The van der Waals surface area contributed by atoms with Crippen LogP contribution in [0.1, 0.15) is 10.5 Å². The predicted octanol–water partition coefficient (Wildman–Crippen LogP) is 1.81. The Hall–Kier alpha value is -3.22. The number of amides is 1. The highest BCUT2D eigenvalue weighted by Gasteiger charge is 2.32. The van der Waals surface area contributed by atoms with Crippen LogP contribution in [0.15, 0.2) is 55.0 Å². The van der Waals surface area contributed by atoms with E-state index >= 15 is 0 Å². The van der Waals surface area contributed by atoms with Gasteiger partial charge < -0.3 is 10.2 Å². The van der Waals surface area contributed by atoms with Gasteiger partial charge in [-0.1, -0.05) is 30.3 Å². The number of hydrogen-bond acceptors (Lipinski definition) is 5. The number of nitrogens with one attached hydrogen (secondary N) is 1. The molecule has 0 unspecified atom stereocenters. The van der Waals surface area contributed by atoms with Crippen LogP contribution in [0, 0.1) is 0 Å². The van der Waals surface area contributed by atoms with Gasteiger partial charge in [-0.3, -0.25) is 9.48 Å². The van der Waals surface area contributed by atoms with Crippen molar-refractivity contribution >= 4 is 11.7 Å². The summed E-state index contributed by atoms with van der Waals surface area (Å²) in [5.41, 5.74) is 2.41. The summed E-state index contributed by atoms with van der Waals surface area (Å²) in [7, 11) is 1.80. The van der Waals surface area contributed by atoms with Gasteiger partial charge >= 0.3 is 0 Å². The van der Waals surface area contributed by atoms with Gasteiger partial charge in [-0.05, 0) is 12.1 Å². The molecule has 0 aliphatic carbocycles. The van der Waals surface area contributed by atoms with Crippen LogP contribution in [0.2, 0.25) is 0 Å². The van der Waals surface area contributed by atoms with Crippen molar-refractivity contribution in [1.82, 2.24) is 24.6 Å². The molecule has 0 spiro atoms. The summed E-state index contributed by atoms with van der Waals surface area (Å²) >= 11 is 0. The highest BCUT2D eigenvalue weighted by atomic mass is 16.2. The van der Waals surface area contributed by atoms with Gasteiger partial charge in [-0.2, -0.15) is 5.10 Å². The zero-order valence-corrected chi connectivity index (χ0v) is 13.8. The lowest BCUT2D eigenvalue weighted by Gasteiger charge is -2.39. The summed E-state index contributed by atoms with van der Waals surface area (Å²) in [5, 5.41) is 7.76. The number of rotatable bonds is 4. The van der Waals surface area contributed by atoms with E-state index in [1.54, 1.807) is 17.9 Å². The van der Waals surface area contributed by atoms with Crippen LogP contribution in [0.3, 0.4) is 0 Å². The fourth-order valence-corrected chi connectivity index (χ4v) is 2.90. The Balaban J connectivity index is 1.42. The van der Waals surface area contributed by atoms with E-state index in [0.717, 1.165) is 17.1 Å². The van der Waals surface area contributed by atoms with Crippen molar-refractivity contribution in [2.24, 2.45) is 7.05 Å². The Morgan fingerprint density at radius 2 is 2.00 bits per heavy atom. The predicted molar refractivity (Wildman–Crippen MR) is 94.0 cm³/mol. The Kier molecular flexibility index (Phi) is 3.89. The number of anilines is 1. The van der Waals surface area contributed by atoms with Crippen molar-refractivity contribution in [1.29, 1.82) is 0 Å². The van der Waals surface area contributed by atoms with Crippen LogP contribution in [0.5, 0.6) is 0 Å². The van der Waals surface area contributed by atoms with Gasteiger partial charge in [-0.25, -0.2) is 9.97 Å². The third-order valence-corrected chi connectivity index (χ3v) is 4.27. The van der Waals surface area contributed by atoms with Gasteiger partial charge in [0.25, 0.3) is 5.91 Å². The molecule has 126 valence electrons. The second-order valence-electron chi connectivity index (χ2n) is 6.05. The maximum atomic E-state index is 12.7. The van der Waals surface area contributed by atoms with Gasteiger partial charge in [0, 0.05) is 31.9 Å². The summed E-state index contributed by atoms with van der Waals surface area (Å²) in [4.78, 5) is 22.5. The Morgan fingerprint density at radius 3 is 2.72 bits per heavy atom. The monoisotopic (exact) mass is 334 g/mol. The minimum Gasteiger partial charge on any atom is -0.364 e. The first-order chi connectivity index (χ1) is 12.2. The largest absolute Gasteiger partial charge is 0.364 e. The van der Waals surface area contributed by atoms with Crippen molar-refractivity contribution < 1.29 is 4.79 Å². The average Bonchev–Trinajstić information content (AvgIpc) is 3.01. The average molecular weight is 334 g/mol. The first kappa shape index (κ1) is 15.3. The number of likely N-dealkylation sites (tertiary alicyclic amines) is 1. The van der Waals surface area contributed by atoms with Gasteiger partial charge in [0.15, 0.2) is 0 Å². The molecule has 1 aliphatic heterocycles. The topological polar surface area (TPSA) is 75.9 Å². The first-order valence-electron chi connectivity index (χ1n) is 8.12. The molecule has 1 aromatic carbocycles. The fraction of sp³-hybridized carbons (Fsp3) is 0.222. The van der Waals surface area contributed by atoms with Crippen LogP contribution in [-0.2, 0) is 7.05 Å². The molecule has 0 saturated carbocycles. The molecule has 0 atom stereocenters. The van der Waals surface area contributed by atoms with Crippen molar-refractivity contribution in [2.75, 3.05) is 18.4 Å². The van der Waals surface area contributed by atoms with E-state index < -0.39 is 0 Å². The molecule has 1 saturated heterocycles. The molecule has 1 amide bonds. The zero-order chi connectivity index (χ0) is 17.2. The van der Waals surface area contributed by atoms with Crippen molar-refractivity contribution in [3.05, 3.63) is 60.7 Å². The number of carbonyl (C=O) groups is 1. The molecule has 7 heteroatoms. The molecule has 25 heavy (non-hydrogen) atoms. The Morgan fingerprint density at radius 1 is 1.20 bits per heavy atom. The summed E-state index contributed by atoms with van der Waals surface area (Å²) in [6.45, 7) is 1.30. The summed E-state index contributed by atoms with van der Waals surface area (Å²) in [6.07, 6.45) is 3.20. The van der Waals surface area contributed by atoms with Crippen molar-refractivity contribution in [2.45, 2.75) is 6.04 Å². The second-order valence-corrected chi connectivity index (χ2v) is 6.05. The summed E-state index contributed by atoms with van der Waals surface area (Å²) in [5.74, 6) is 0.775. The highest BCUT2D eigenvalue weighted by Crippen LogP contribution is 2.21.